The van der Waals surface area contributed by atoms with Gasteiger partial charge in [-0.3, -0.25) is 0 Å². The average molecular weight is 308 g/mol. The second-order valence-electron chi connectivity index (χ2n) is 5.45. The van der Waals surface area contributed by atoms with Crippen molar-refractivity contribution >= 4 is 12.0 Å². The van der Waals surface area contributed by atoms with Crippen LogP contribution in [0.1, 0.15) is 18.9 Å². The molecule has 2 rings (SSSR count). The zero-order valence-corrected chi connectivity index (χ0v) is 13.1. The van der Waals surface area contributed by atoms with Gasteiger partial charge in [-0.05, 0) is 12.5 Å². The number of nitriles is 1. The van der Waals surface area contributed by atoms with Gasteiger partial charge in [0.2, 0.25) is 0 Å². The quantitative estimate of drug-likeness (QED) is 0.527. The molecule has 0 spiro atoms. The van der Waals surface area contributed by atoms with Gasteiger partial charge < -0.3 is 10.5 Å². The molecule has 0 aromatic heterocycles. The molecule has 4 nitrogen and oxygen atoms in total. The normalized spacial score (nSPS) is 25.4. The minimum atomic E-state index is -1.01. The van der Waals surface area contributed by atoms with Crippen LogP contribution in [0.4, 0.5) is 0 Å². The number of nitrogens with zero attached hydrogens (tertiary/aromatic N) is 1. The van der Waals surface area contributed by atoms with E-state index in [0.717, 1.165) is 11.1 Å². The van der Waals surface area contributed by atoms with Gasteiger partial charge in [0.1, 0.15) is 5.54 Å². The van der Waals surface area contributed by atoms with E-state index in [1.54, 1.807) is 19.1 Å². The van der Waals surface area contributed by atoms with Crippen molar-refractivity contribution in [3.05, 3.63) is 65.8 Å². The highest BCUT2D eigenvalue weighted by Crippen LogP contribution is 2.31. The molecule has 1 aromatic rings. The molecular weight excluding hydrogens is 288 g/mol. The first-order chi connectivity index (χ1) is 11.1. The fourth-order valence-corrected chi connectivity index (χ4v) is 2.46. The molecule has 4 heteroatoms. The molecule has 0 amide bonds. The second kappa shape index (κ2) is 7.57. The highest BCUT2D eigenvalue weighted by Gasteiger charge is 2.29. The first-order valence-corrected chi connectivity index (χ1v) is 7.56. The van der Waals surface area contributed by atoms with Crippen LogP contribution in [0, 0.1) is 17.2 Å². The maximum atomic E-state index is 11.5. The summed E-state index contributed by atoms with van der Waals surface area (Å²) in [5, 5.41) is 9.26. The molecule has 2 atom stereocenters. The van der Waals surface area contributed by atoms with Crippen molar-refractivity contribution in [1.82, 2.24) is 0 Å². The number of esters is 1. The number of carbonyl (C=O) groups is 1. The summed E-state index contributed by atoms with van der Waals surface area (Å²) in [6, 6.07) is 12.0. The highest BCUT2D eigenvalue weighted by atomic mass is 16.5. The zero-order chi connectivity index (χ0) is 16.7. The Morgan fingerprint density at radius 3 is 2.87 bits per heavy atom. The highest BCUT2D eigenvalue weighted by molar-refractivity contribution is 5.82. The molecule has 1 aliphatic carbocycles. The largest absolute Gasteiger partial charge is 0.463 e. The third-order valence-electron chi connectivity index (χ3n) is 3.61. The van der Waals surface area contributed by atoms with Crippen LogP contribution in [0.15, 0.2) is 60.2 Å². The van der Waals surface area contributed by atoms with Crippen molar-refractivity contribution < 1.29 is 9.53 Å². The maximum absolute atomic E-state index is 11.5. The van der Waals surface area contributed by atoms with E-state index in [1.165, 1.54) is 6.08 Å². The fraction of sp³-hybridized carbons (Fsp3) is 0.263. The van der Waals surface area contributed by atoms with Crippen LogP contribution in [-0.4, -0.2) is 18.1 Å². The van der Waals surface area contributed by atoms with E-state index < -0.39 is 5.54 Å². The molecule has 1 aromatic carbocycles. The van der Waals surface area contributed by atoms with Crippen molar-refractivity contribution in [3.8, 4) is 6.07 Å². The van der Waals surface area contributed by atoms with E-state index in [4.69, 9.17) is 10.5 Å². The number of rotatable bonds is 4. The molecule has 23 heavy (non-hydrogen) atoms. The summed E-state index contributed by atoms with van der Waals surface area (Å²) in [6.45, 7) is 2.11. The number of allylic oxidation sites excluding steroid dienone is 2. The Labute approximate surface area is 136 Å². The summed E-state index contributed by atoms with van der Waals surface area (Å²) in [5.41, 5.74) is 7.08. The third-order valence-corrected chi connectivity index (χ3v) is 3.61. The van der Waals surface area contributed by atoms with Crippen LogP contribution in [-0.2, 0) is 9.53 Å². The minimum absolute atomic E-state index is 0.0790. The lowest BCUT2D eigenvalue weighted by Crippen LogP contribution is -2.39. The summed E-state index contributed by atoms with van der Waals surface area (Å²) >= 11 is 0. The minimum Gasteiger partial charge on any atom is -0.463 e. The van der Waals surface area contributed by atoms with Gasteiger partial charge in [-0.15, -0.1) is 0 Å². The molecule has 0 saturated carbocycles. The van der Waals surface area contributed by atoms with Gasteiger partial charge in [0.25, 0.3) is 0 Å². The van der Waals surface area contributed by atoms with Crippen LogP contribution >= 0.6 is 0 Å². The Morgan fingerprint density at radius 1 is 1.48 bits per heavy atom. The van der Waals surface area contributed by atoms with Gasteiger partial charge in [-0.25, -0.2) is 4.79 Å². The van der Waals surface area contributed by atoms with Crippen LogP contribution in [0.3, 0.4) is 0 Å². The number of hydrogen-bond acceptors (Lipinski definition) is 4. The van der Waals surface area contributed by atoms with E-state index in [2.05, 4.69) is 6.07 Å². The lowest BCUT2D eigenvalue weighted by atomic mass is 9.79. The summed E-state index contributed by atoms with van der Waals surface area (Å²) in [7, 11) is 0. The third kappa shape index (κ3) is 4.67. The number of carbonyl (C=O) groups excluding carboxylic acids is 1. The Morgan fingerprint density at radius 2 is 2.22 bits per heavy atom. The van der Waals surface area contributed by atoms with Gasteiger partial charge in [-0.1, -0.05) is 60.2 Å². The van der Waals surface area contributed by atoms with Crippen molar-refractivity contribution in [2.24, 2.45) is 11.7 Å². The van der Waals surface area contributed by atoms with Gasteiger partial charge in [0, 0.05) is 18.4 Å². The lowest BCUT2D eigenvalue weighted by Gasteiger charge is -2.27. The number of ether oxygens (including phenoxy) is 1. The fourth-order valence-electron chi connectivity index (χ4n) is 2.46. The van der Waals surface area contributed by atoms with Crippen molar-refractivity contribution in [1.29, 1.82) is 5.26 Å². The van der Waals surface area contributed by atoms with Gasteiger partial charge in [-0.2, -0.15) is 5.26 Å². The summed E-state index contributed by atoms with van der Waals surface area (Å²) < 4.78 is 4.90. The van der Waals surface area contributed by atoms with Crippen molar-refractivity contribution in [2.75, 3.05) is 6.61 Å². The molecule has 0 radical (unpaired) electrons. The predicted octanol–water partition coefficient (Wildman–Crippen LogP) is 2.99. The first-order valence-electron chi connectivity index (χ1n) is 7.56. The molecule has 2 unspecified atom stereocenters. The van der Waals surface area contributed by atoms with Crippen LogP contribution in [0.2, 0.25) is 0 Å². The molecule has 0 aliphatic heterocycles. The Hall–Kier alpha value is -2.64. The standard InChI is InChI=1S/C19H20N2O2/c1-2-23-18(22)9-8-16-10-11-19(21,14-20)13-17(16)12-15-6-4-3-5-7-15/h3-12,16H,2,13,21H2,1H3. The smallest absolute Gasteiger partial charge is 0.330 e. The van der Waals surface area contributed by atoms with E-state index >= 15 is 0 Å². The average Bonchev–Trinajstić information content (AvgIpc) is 2.55. The van der Waals surface area contributed by atoms with E-state index in [1.807, 2.05) is 42.5 Å². The lowest BCUT2D eigenvalue weighted by molar-refractivity contribution is -0.137. The van der Waals surface area contributed by atoms with E-state index in [9.17, 15) is 10.1 Å². The first kappa shape index (κ1) is 16.7. The van der Waals surface area contributed by atoms with Gasteiger partial charge >= 0.3 is 5.97 Å². The van der Waals surface area contributed by atoms with Crippen molar-refractivity contribution in [2.45, 2.75) is 18.9 Å². The summed E-state index contributed by atoms with van der Waals surface area (Å²) in [5.74, 6) is -0.450. The molecule has 0 fully saturated rings. The Bertz CT molecular complexity index is 683. The maximum Gasteiger partial charge on any atom is 0.330 e. The molecule has 0 heterocycles. The van der Waals surface area contributed by atoms with E-state index in [-0.39, 0.29) is 11.9 Å². The van der Waals surface area contributed by atoms with Crippen molar-refractivity contribution in [3.63, 3.8) is 0 Å². The number of nitrogens with two attached hydrogens (primary N) is 1. The molecule has 1 aliphatic rings. The molecule has 0 saturated heterocycles. The number of hydrogen-bond donors (Lipinski definition) is 1. The van der Waals surface area contributed by atoms with Gasteiger partial charge in [0.15, 0.2) is 0 Å². The second-order valence-corrected chi connectivity index (χ2v) is 5.45. The summed E-state index contributed by atoms with van der Waals surface area (Å²) in [4.78, 5) is 11.5. The monoisotopic (exact) mass is 308 g/mol. The zero-order valence-electron chi connectivity index (χ0n) is 13.1. The topological polar surface area (TPSA) is 76.1 Å². The number of benzene rings is 1. The SMILES string of the molecule is CCOC(=O)C=CC1C=CC(N)(C#N)CC1=Cc1ccccc1. The summed E-state index contributed by atoms with van der Waals surface area (Å²) in [6.07, 6.45) is 9.20. The molecular formula is C19H20N2O2. The Balaban J connectivity index is 2.30. The van der Waals surface area contributed by atoms with Crippen LogP contribution in [0.25, 0.3) is 6.08 Å². The molecule has 0 bridgehead atoms. The van der Waals surface area contributed by atoms with Gasteiger partial charge in [0.05, 0.1) is 12.7 Å². The van der Waals surface area contributed by atoms with E-state index in [0.29, 0.717) is 13.0 Å². The molecule has 118 valence electrons. The van der Waals surface area contributed by atoms with Crippen LogP contribution < -0.4 is 5.73 Å². The van der Waals surface area contributed by atoms with Crippen LogP contribution in [0.5, 0.6) is 0 Å². The Kier molecular flexibility index (Phi) is 5.51. The molecule has 2 N–H and O–H groups in total. The predicted molar refractivity (Wildman–Crippen MR) is 90.0 cm³/mol.